The highest BCUT2D eigenvalue weighted by Crippen LogP contribution is 2.41. The van der Waals surface area contributed by atoms with Crippen LogP contribution in [0, 0.1) is 6.92 Å². The molecule has 1 aliphatic carbocycles. The molecule has 31 heavy (non-hydrogen) atoms. The summed E-state index contributed by atoms with van der Waals surface area (Å²) in [6, 6.07) is 10.0. The molecule has 0 saturated heterocycles. The van der Waals surface area contributed by atoms with Crippen molar-refractivity contribution in [1.29, 1.82) is 0 Å². The fourth-order valence-corrected chi connectivity index (χ4v) is 4.84. The van der Waals surface area contributed by atoms with E-state index in [1.165, 1.54) is 10.4 Å². The van der Waals surface area contributed by atoms with Crippen LogP contribution in [0.2, 0.25) is 0 Å². The van der Waals surface area contributed by atoms with Crippen molar-refractivity contribution in [1.82, 2.24) is 24.7 Å². The molecule has 0 amide bonds. The lowest BCUT2D eigenvalue weighted by Crippen LogP contribution is -2.03. The van der Waals surface area contributed by atoms with Crippen LogP contribution in [0.3, 0.4) is 0 Å². The van der Waals surface area contributed by atoms with Crippen LogP contribution >= 0.6 is 11.3 Å². The molecular formula is C23H24N6OS. The molecule has 1 atom stereocenters. The van der Waals surface area contributed by atoms with Gasteiger partial charge in [0.25, 0.3) is 0 Å². The summed E-state index contributed by atoms with van der Waals surface area (Å²) in [5.74, 6) is 1.83. The highest BCUT2D eigenvalue weighted by atomic mass is 32.1. The molecule has 1 unspecified atom stereocenters. The molecule has 4 aromatic rings. The lowest BCUT2D eigenvalue weighted by Gasteiger charge is -2.07. The van der Waals surface area contributed by atoms with E-state index >= 15 is 0 Å². The zero-order valence-corrected chi connectivity index (χ0v) is 18.6. The Balaban J connectivity index is 1.45. The molecule has 158 valence electrons. The van der Waals surface area contributed by atoms with E-state index in [4.69, 9.17) is 14.8 Å². The van der Waals surface area contributed by atoms with E-state index in [9.17, 15) is 0 Å². The Bertz CT molecular complexity index is 1210. The number of aromatic nitrogens is 5. The average Bonchev–Trinajstić information content (AvgIpc) is 3.34. The summed E-state index contributed by atoms with van der Waals surface area (Å²) in [4.78, 5) is 14.9. The SMILES string of the molecule is COc1ccc(Cn2cc3c(n2)C(C)CCc2sc(Nc4nccc(C)n4)nc2-3)cc1. The molecule has 0 fully saturated rings. The second kappa shape index (κ2) is 8.11. The Morgan fingerprint density at radius 1 is 1.19 bits per heavy atom. The van der Waals surface area contributed by atoms with Gasteiger partial charge < -0.3 is 10.1 Å². The molecule has 1 aromatic carbocycles. The van der Waals surface area contributed by atoms with Gasteiger partial charge >= 0.3 is 0 Å². The molecule has 0 aliphatic heterocycles. The van der Waals surface area contributed by atoms with Crippen molar-refractivity contribution in [3.05, 3.63) is 64.6 Å². The minimum Gasteiger partial charge on any atom is -0.497 e. The number of hydrogen-bond donors (Lipinski definition) is 1. The molecule has 8 heteroatoms. The van der Waals surface area contributed by atoms with E-state index in [1.807, 2.05) is 29.8 Å². The first-order valence-corrected chi connectivity index (χ1v) is 11.2. The van der Waals surface area contributed by atoms with Crippen LogP contribution in [0.4, 0.5) is 11.1 Å². The number of benzene rings is 1. The smallest absolute Gasteiger partial charge is 0.229 e. The third kappa shape index (κ3) is 4.03. The monoisotopic (exact) mass is 432 g/mol. The molecule has 7 nitrogen and oxygen atoms in total. The molecule has 5 rings (SSSR count). The zero-order chi connectivity index (χ0) is 21.4. The van der Waals surface area contributed by atoms with Crippen molar-refractivity contribution in [2.45, 2.75) is 39.2 Å². The summed E-state index contributed by atoms with van der Waals surface area (Å²) in [7, 11) is 1.68. The molecule has 3 heterocycles. The van der Waals surface area contributed by atoms with Crippen LogP contribution in [0.5, 0.6) is 5.75 Å². The van der Waals surface area contributed by atoms with Crippen molar-refractivity contribution >= 4 is 22.4 Å². The van der Waals surface area contributed by atoms with Crippen molar-refractivity contribution in [3.8, 4) is 17.0 Å². The van der Waals surface area contributed by atoms with Gasteiger partial charge in [-0.1, -0.05) is 19.1 Å². The number of nitrogens with one attached hydrogen (secondary N) is 1. The van der Waals surface area contributed by atoms with E-state index in [0.29, 0.717) is 18.4 Å². The minimum absolute atomic E-state index is 0.394. The van der Waals surface area contributed by atoms with E-state index in [1.54, 1.807) is 24.6 Å². The van der Waals surface area contributed by atoms with Gasteiger partial charge in [0.1, 0.15) is 5.75 Å². The van der Waals surface area contributed by atoms with Crippen LogP contribution < -0.4 is 10.1 Å². The first-order chi connectivity index (χ1) is 15.1. The van der Waals surface area contributed by atoms with Crippen molar-refractivity contribution < 1.29 is 4.74 Å². The summed E-state index contributed by atoms with van der Waals surface area (Å²) in [5.41, 5.74) is 5.38. The zero-order valence-electron chi connectivity index (χ0n) is 17.8. The number of ether oxygens (including phenoxy) is 1. The van der Waals surface area contributed by atoms with E-state index in [0.717, 1.165) is 46.4 Å². The molecule has 0 bridgehead atoms. The van der Waals surface area contributed by atoms with Gasteiger partial charge in [-0.05, 0) is 43.5 Å². The number of anilines is 2. The van der Waals surface area contributed by atoms with Crippen LogP contribution in [0.15, 0.2) is 42.7 Å². The Morgan fingerprint density at radius 3 is 2.81 bits per heavy atom. The molecule has 0 radical (unpaired) electrons. The Labute approximate surface area is 185 Å². The fourth-order valence-electron chi connectivity index (χ4n) is 3.86. The van der Waals surface area contributed by atoms with Gasteiger partial charge in [0.15, 0.2) is 5.13 Å². The Morgan fingerprint density at radius 2 is 2.03 bits per heavy atom. The van der Waals surface area contributed by atoms with Gasteiger partial charge in [-0.25, -0.2) is 15.0 Å². The quantitative estimate of drug-likeness (QED) is 0.480. The maximum atomic E-state index is 5.26. The van der Waals surface area contributed by atoms with Gasteiger partial charge in [0.2, 0.25) is 5.95 Å². The second-order valence-electron chi connectivity index (χ2n) is 7.85. The number of rotatable bonds is 5. The van der Waals surface area contributed by atoms with Gasteiger partial charge in [-0.3, -0.25) is 4.68 Å². The van der Waals surface area contributed by atoms with Gasteiger partial charge in [-0.15, -0.1) is 11.3 Å². The third-order valence-corrected chi connectivity index (χ3v) is 6.56. The van der Waals surface area contributed by atoms with Crippen molar-refractivity contribution in [2.75, 3.05) is 12.4 Å². The standard InChI is InChI=1S/C23H24N6OS/c1-14-4-9-19-21(26-23(31-19)27-22-24-11-10-15(2)25-22)18-13-29(28-20(14)18)12-16-5-7-17(30-3)8-6-16/h5-8,10-11,13-14H,4,9,12H2,1-3H3,(H,24,25,26,27). The number of hydrogen-bond acceptors (Lipinski definition) is 7. The van der Waals surface area contributed by atoms with Gasteiger partial charge in [0, 0.05) is 34.4 Å². The average molecular weight is 433 g/mol. The van der Waals surface area contributed by atoms with Crippen molar-refractivity contribution in [2.24, 2.45) is 0 Å². The minimum atomic E-state index is 0.394. The van der Waals surface area contributed by atoms with Crippen LogP contribution in [-0.2, 0) is 13.0 Å². The second-order valence-corrected chi connectivity index (χ2v) is 8.93. The summed E-state index contributed by atoms with van der Waals surface area (Å²) in [5, 5.41) is 9.02. The van der Waals surface area contributed by atoms with Crippen molar-refractivity contribution in [3.63, 3.8) is 0 Å². The third-order valence-electron chi connectivity index (χ3n) is 5.53. The first-order valence-electron chi connectivity index (χ1n) is 10.4. The number of fused-ring (bicyclic) bond motifs is 3. The molecule has 1 N–H and O–H groups in total. The maximum Gasteiger partial charge on any atom is 0.229 e. The van der Waals surface area contributed by atoms with Gasteiger partial charge in [0.05, 0.1) is 25.0 Å². The molecule has 0 saturated carbocycles. The normalized spacial score (nSPS) is 15.1. The summed E-state index contributed by atoms with van der Waals surface area (Å²) < 4.78 is 7.28. The van der Waals surface area contributed by atoms with Crippen LogP contribution in [-0.4, -0.2) is 31.8 Å². The highest BCUT2D eigenvalue weighted by molar-refractivity contribution is 7.16. The first kappa shape index (κ1) is 19.7. The molecule has 0 spiro atoms. The highest BCUT2D eigenvalue weighted by Gasteiger charge is 2.26. The Hall–Kier alpha value is -3.26. The number of methoxy groups -OCH3 is 1. The molecule has 3 aromatic heterocycles. The van der Waals surface area contributed by atoms with E-state index in [-0.39, 0.29) is 0 Å². The fraction of sp³-hybridized carbons (Fsp3) is 0.304. The summed E-state index contributed by atoms with van der Waals surface area (Å²) in [6.45, 7) is 4.92. The predicted molar refractivity (Wildman–Crippen MR) is 122 cm³/mol. The number of aryl methyl sites for hydroxylation is 2. The number of thiazole rings is 1. The van der Waals surface area contributed by atoms with Gasteiger partial charge in [-0.2, -0.15) is 5.10 Å². The summed E-state index contributed by atoms with van der Waals surface area (Å²) in [6.07, 6.45) is 5.95. The van der Waals surface area contributed by atoms with E-state index in [2.05, 4.69) is 40.5 Å². The topological polar surface area (TPSA) is 77.8 Å². The lowest BCUT2D eigenvalue weighted by molar-refractivity contribution is 0.414. The van der Waals surface area contributed by atoms with E-state index < -0.39 is 0 Å². The Kier molecular flexibility index (Phi) is 5.15. The lowest BCUT2D eigenvalue weighted by atomic mass is 10.0. The van der Waals surface area contributed by atoms with Crippen LogP contribution in [0.1, 0.15) is 41.1 Å². The largest absolute Gasteiger partial charge is 0.497 e. The molecule has 1 aliphatic rings. The maximum absolute atomic E-state index is 5.26. The molecular weight excluding hydrogens is 408 g/mol. The van der Waals surface area contributed by atoms with Crippen LogP contribution in [0.25, 0.3) is 11.3 Å². The summed E-state index contributed by atoms with van der Waals surface area (Å²) >= 11 is 1.68. The number of nitrogens with zero attached hydrogens (tertiary/aromatic N) is 5. The predicted octanol–water partition coefficient (Wildman–Crippen LogP) is 4.96.